The standard InChI is InChI=1S/C25H30FN7O/c26-18-4-6-19(7-5-18)32-23(28)21(24(29)34)14-31-25(16-27)9-12-33(13-10-25)15-17-2-1-3-22-20(17)8-11-30-22/h1-8,11,14,30-31H,9-10,12-13,15-16,27H2,(H2,28,32)(H2,29,34)/b21-14+. The molecule has 1 saturated heterocycles. The lowest BCUT2D eigenvalue weighted by molar-refractivity contribution is -0.114. The number of rotatable bonds is 8. The second-order valence-electron chi connectivity index (χ2n) is 8.66. The van der Waals surface area contributed by atoms with Gasteiger partial charge in [0.25, 0.3) is 5.91 Å². The molecule has 0 saturated carbocycles. The third-order valence-electron chi connectivity index (χ3n) is 6.42. The van der Waals surface area contributed by atoms with Crippen molar-refractivity contribution >= 4 is 28.3 Å². The van der Waals surface area contributed by atoms with Gasteiger partial charge in [-0.15, -0.1) is 0 Å². The van der Waals surface area contributed by atoms with Crippen LogP contribution in [0.3, 0.4) is 0 Å². The molecule has 1 fully saturated rings. The molecular weight excluding hydrogens is 433 g/mol. The third kappa shape index (κ3) is 5.27. The van der Waals surface area contributed by atoms with Gasteiger partial charge in [-0.1, -0.05) is 12.1 Å². The van der Waals surface area contributed by atoms with E-state index in [1.54, 1.807) is 0 Å². The highest BCUT2D eigenvalue weighted by Crippen LogP contribution is 2.25. The summed E-state index contributed by atoms with van der Waals surface area (Å²) in [6.45, 7) is 2.95. The van der Waals surface area contributed by atoms with E-state index in [9.17, 15) is 9.18 Å². The maximum Gasteiger partial charge on any atom is 0.253 e. The molecule has 2 heterocycles. The van der Waals surface area contributed by atoms with E-state index >= 15 is 0 Å². The molecule has 0 unspecified atom stereocenters. The number of primary amides is 1. The number of amides is 1. The van der Waals surface area contributed by atoms with Crippen molar-refractivity contribution in [1.29, 1.82) is 0 Å². The van der Waals surface area contributed by atoms with Crippen LogP contribution in [0.4, 0.5) is 10.1 Å². The first kappa shape index (κ1) is 23.5. The van der Waals surface area contributed by atoms with E-state index in [0.717, 1.165) is 38.0 Å². The predicted octanol–water partition coefficient (Wildman–Crippen LogP) is 2.25. The quantitative estimate of drug-likeness (QED) is 0.198. The monoisotopic (exact) mass is 463 g/mol. The van der Waals surface area contributed by atoms with Gasteiger partial charge in [-0.25, -0.2) is 9.38 Å². The Morgan fingerprint density at radius 3 is 2.56 bits per heavy atom. The van der Waals surface area contributed by atoms with Gasteiger partial charge in [0.15, 0.2) is 0 Å². The predicted molar refractivity (Wildman–Crippen MR) is 133 cm³/mol. The fourth-order valence-corrected chi connectivity index (χ4v) is 4.29. The second-order valence-corrected chi connectivity index (χ2v) is 8.66. The van der Waals surface area contributed by atoms with Crippen LogP contribution < -0.4 is 22.5 Å². The summed E-state index contributed by atoms with van der Waals surface area (Å²) in [6.07, 6.45) is 5.06. The molecule has 8 nitrogen and oxygen atoms in total. The average molecular weight is 464 g/mol. The van der Waals surface area contributed by atoms with Crippen LogP contribution >= 0.6 is 0 Å². The number of nitrogens with one attached hydrogen (secondary N) is 2. The van der Waals surface area contributed by atoms with E-state index in [2.05, 4.69) is 44.5 Å². The minimum Gasteiger partial charge on any atom is -0.383 e. The number of carbonyl (C=O) groups excluding carboxylic acids is 1. The van der Waals surface area contributed by atoms with E-state index in [0.29, 0.717) is 12.2 Å². The first-order valence-corrected chi connectivity index (χ1v) is 11.2. The molecule has 0 spiro atoms. The lowest BCUT2D eigenvalue weighted by atomic mass is 9.87. The van der Waals surface area contributed by atoms with Gasteiger partial charge in [-0.05, 0) is 54.8 Å². The molecule has 1 aromatic heterocycles. The lowest BCUT2D eigenvalue weighted by Gasteiger charge is -2.41. The number of benzene rings is 2. The van der Waals surface area contributed by atoms with Gasteiger partial charge in [-0.2, -0.15) is 0 Å². The van der Waals surface area contributed by atoms with Crippen LogP contribution in [0.15, 0.2) is 71.5 Å². The fraction of sp³-hybridized carbons (Fsp3) is 0.280. The maximum absolute atomic E-state index is 13.1. The zero-order valence-corrected chi connectivity index (χ0v) is 18.9. The molecule has 0 aliphatic carbocycles. The van der Waals surface area contributed by atoms with Crippen LogP contribution in [0, 0.1) is 5.82 Å². The van der Waals surface area contributed by atoms with Crippen LogP contribution in [0.5, 0.6) is 0 Å². The van der Waals surface area contributed by atoms with Gasteiger partial charge in [-0.3, -0.25) is 9.69 Å². The Bertz CT molecular complexity index is 1210. The van der Waals surface area contributed by atoms with Gasteiger partial charge in [0, 0.05) is 49.5 Å². The number of aromatic amines is 1. The Kier molecular flexibility index (Phi) is 6.95. The number of nitrogens with two attached hydrogens (primary N) is 3. The van der Waals surface area contributed by atoms with Gasteiger partial charge >= 0.3 is 0 Å². The van der Waals surface area contributed by atoms with Gasteiger partial charge < -0.3 is 27.5 Å². The molecule has 1 aliphatic heterocycles. The summed E-state index contributed by atoms with van der Waals surface area (Å²) in [4.78, 5) is 21.9. The number of H-pyrrole nitrogens is 1. The Hall–Kier alpha value is -3.69. The molecule has 0 radical (unpaired) electrons. The van der Waals surface area contributed by atoms with Gasteiger partial charge in [0.1, 0.15) is 11.7 Å². The Morgan fingerprint density at radius 1 is 1.15 bits per heavy atom. The number of fused-ring (bicyclic) bond motifs is 1. The lowest BCUT2D eigenvalue weighted by Crippen LogP contribution is -2.56. The largest absolute Gasteiger partial charge is 0.383 e. The fourth-order valence-electron chi connectivity index (χ4n) is 4.29. The number of carbonyl (C=O) groups is 1. The number of nitrogens with zero attached hydrogens (tertiary/aromatic N) is 2. The van der Waals surface area contributed by atoms with Crippen molar-refractivity contribution < 1.29 is 9.18 Å². The van der Waals surface area contributed by atoms with Crippen molar-refractivity contribution in [2.24, 2.45) is 22.2 Å². The summed E-state index contributed by atoms with van der Waals surface area (Å²) in [7, 11) is 0. The van der Waals surface area contributed by atoms with Gasteiger partial charge in [0.2, 0.25) is 0 Å². The molecule has 2 aromatic carbocycles. The number of aliphatic imine (C=N–C) groups is 1. The number of aromatic nitrogens is 1. The van der Waals surface area contributed by atoms with Crippen molar-refractivity contribution in [2.45, 2.75) is 24.9 Å². The Balaban J connectivity index is 1.43. The molecule has 4 rings (SSSR count). The highest BCUT2D eigenvalue weighted by molar-refractivity contribution is 6.20. The Morgan fingerprint density at radius 2 is 1.88 bits per heavy atom. The first-order valence-electron chi connectivity index (χ1n) is 11.2. The number of likely N-dealkylation sites (tertiary alicyclic amines) is 1. The Labute approximate surface area is 197 Å². The highest BCUT2D eigenvalue weighted by atomic mass is 19.1. The molecular formula is C25H30FN7O. The molecule has 178 valence electrons. The van der Waals surface area contributed by atoms with E-state index in [1.807, 2.05) is 6.20 Å². The van der Waals surface area contributed by atoms with Crippen LogP contribution in [0.25, 0.3) is 10.9 Å². The number of hydrogen-bond donors (Lipinski definition) is 5. The number of halogens is 1. The maximum atomic E-state index is 13.1. The zero-order chi connectivity index (χ0) is 24.1. The van der Waals surface area contributed by atoms with E-state index < -0.39 is 5.91 Å². The SMILES string of the molecule is NCC1(N/C=C(/C(N)=O)C(N)=Nc2ccc(F)cc2)CCN(Cc2cccc3[nH]ccc23)CC1. The highest BCUT2D eigenvalue weighted by Gasteiger charge is 2.33. The average Bonchev–Trinajstić information content (AvgIpc) is 3.32. The summed E-state index contributed by atoms with van der Waals surface area (Å²) in [5, 5.41) is 4.55. The number of amidine groups is 1. The molecule has 1 amide bonds. The molecule has 8 N–H and O–H groups in total. The molecule has 3 aromatic rings. The van der Waals surface area contributed by atoms with Crippen LogP contribution in [0.1, 0.15) is 18.4 Å². The second kappa shape index (κ2) is 10.1. The molecule has 34 heavy (non-hydrogen) atoms. The van der Waals surface area contributed by atoms with E-state index in [-0.39, 0.29) is 22.8 Å². The summed E-state index contributed by atoms with van der Waals surface area (Å²) in [5.41, 5.74) is 20.2. The minimum absolute atomic E-state index is 0.0455. The normalized spacial score (nSPS) is 17.1. The summed E-state index contributed by atoms with van der Waals surface area (Å²) in [6, 6.07) is 13.9. The number of hydrogen-bond acceptors (Lipinski definition) is 5. The number of piperidine rings is 1. The summed E-state index contributed by atoms with van der Waals surface area (Å²) >= 11 is 0. The smallest absolute Gasteiger partial charge is 0.253 e. The third-order valence-corrected chi connectivity index (χ3v) is 6.42. The van der Waals surface area contributed by atoms with E-state index in [4.69, 9.17) is 17.2 Å². The van der Waals surface area contributed by atoms with Crippen molar-refractivity contribution in [3.8, 4) is 0 Å². The summed E-state index contributed by atoms with van der Waals surface area (Å²) < 4.78 is 13.1. The van der Waals surface area contributed by atoms with Crippen LogP contribution in [0.2, 0.25) is 0 Å². The van der Waals surface area contributed by atoms with Crippen molar-refractivity contribution in [2.75, 3.05) is 19.6 Å². The van der Waals surface area contributed by atoms with Crippen molar-refractivity contribution in [3.05, 3.63) is 77.9 Å². The van der Waals surface area contributed by atoms with E-state index in [1.165, 1.54) is 41.4 Å². The first-order chi connectivity index (χ1) is 16.4. The van der Waals surface area contributed by atoms with Gasteiger partial charge in [0.05, 0.1) is 16.8 Å². The van der Waals surface area contributed by atoms with Crippen molar-refractivity contribution in [3.63, 3.8) is 0 Å². The zero-order valence-electron chi connectivity index (χ0n) is 18.9. The van der Waals surface area contributed by atoms with Crippen molar-refractivity contribution in [1.82, 2.24) is 15.2 Å². The molecule has 1 aliphatic rings. The van der Waals surface area contributed by atoms with Crippen LogP contribution in [-0.4, -0.2) is 46.8 Å². The summed E-state index contributed by atoms with van der Waals surface area (Å²) in [5.74, 6) is -1.14. The minimum atomic E-state index is -0.708. The molecule has 0 bridgehead atoms. The molecule has 0 atom stereocenters. The van der Waals surface area contributed by atoms with Crippen LogP contribution in [-0.2, 0) is 11.3 Å². The molecule has 9 heteroatoms. The topological polar surface area (TPSA) is 139 Å².